The molecule has 28 heavy (non-hydrogen) atoms. The second-order valence-electron chi connectivity index (χ2n) is 7.71. The Morgan fingerprint density at radius 1 is 1.18 bits per heavy atom. The van der Waals surface area contributed by atoms with Crippen LogP contribution >= 0.6 is 0 Å². The number of hydrogen-bond donors (Lipinski definition) is 1. The van der Waals surface area contributed by atoms with Crippen LogP contribution in [-0.2, 0) is 4.79 Å². The van der Waals surface area contributed by atoms with E-state index in [1.54, 1.807) is 12.3 Å². The van der Waals surface area contributed by atoms with Crippen LogP contribution in [0.1, 0.15) is 44.1 Å². The van der Waals surface area contributed by atoms with Gasteiger partial charge in [-0.25, -0.2) is 4.39 Å². The summed E-state index contributed by atoms with van der Waals surface area (Å²) in [5, 5.41) is 2.77. The Bertz CT molecular complexity index is 870. The van der Waals surface area contributed by atoms with Crippen molar-refractivity contribution in [3.05, 3.63) is 53.8 Å². The average Bonchev–Trinajstić information content (AvgIpc) is 3.02. The number of rotatable bonds is 5. The number of nitrogens with zero attached hydrogens (tertiary/aromatic N) is 2. The zero-order valence-corrected chi connectivity index (χ0v) is 16.2. The summed E-state index contributed by atoms with van der Waals surface area (Å²) in [6.07, 6.45) is 6.74. The number of fused-ring (bicyclic) bond motifs is 1. The van der Waals surface area contributed by atoms with E-state index in [1.165, 1.54) is 43.5 Å². The summed E-state index contributed by atoms with van der Waals surface area (Å²) in [4.78, 5) is 19.1. The molecule has 0 saturated carbocycles. The molecule has 0 aromatic heterocycles. The summed E-state index contributed by atoms with van der Waals surface area (Å²) in [5.41, 5.74) is 3.31. The van der Waals surface area contributed by atoms with Crippen molar-refractivity contribution in [2.45, 2.75) is 38.5 Å². The van der Waals surface area contributed by atoms with Gasteiger partial charge in [-0.1, -0.05) is 19.8 Å². The highest BCUT2D eigenvalue weighted by Gasteiger charge is 2.29. The Balaban J connectivity index is 1.42. The number of aliphatic imine (C=N–C) groups is 1. The van der Waals surface area contributed by atoms with E-state index in [0.29, 0.717) is 11.3 Å². The van der Waals surface area contributed by atoms with Crippen LogP contribution < -0.4 is 10.2 Å². The molecule has 1 saturated heterocycles. The molecule has 2 aliphatic heterocycles. The number of piperidine rings is 1. The van der Waals surface area contributed by atoms with Crippen LogP contribution in [0.3, 0.4) is 0 Å². The molecular weight excluding hydrogens is 353 g/mol. The third kappa shape index (κ3) is 3.93. The molecule has 0 bridgehead atoms. The Morgan fingerprint density at radius 3 is 2.64 bits per heavy atom. The van der Waals surface area contributed by atoms with Crippen molar-refractivity contribution in [1.29, 1.82) is 0 Å². The number of halogens is 1. The lowest BCUT2D eigenvalue weighted by Gasteiger charge is -2.33. The first-order valence-electron chi connectivity index (χ1n) is 10.1. The van der Waals surface area contributed by atoms with Crippen molar-refractivity contribution in [3.8, 4) is 0 Å². The molecule has 2 aromatic carbocycles. The minimum atomic E-state index is -0.553. The van der Waals surface area contributed by atoms with Crippen molar-refractivity contribution >= 4 is 29.2 Å². The van der Waals surface area contributed by atoms with Crippen LogP contribution in [0.4, 0.5) is 21.5 Å². The molecule has 0 radical (unpaired) electrons. The number of nitrogens with one attached hydrogen (secondary N) is 1. The molecule has 4 nitrogen and oxygen atoms in total. The van der Waals surface area contributed by atoms with E-state index in [1.807, 2.05) is 12.1 Å². The van der Waals surface area contributed by atoms with Crippen molar-refractivity contribution in [2.75, 3.05) is 23.3 Å². The van der Waals surface area contributed by atoms with E-state index < -0.39 is 5.92 Å². The molecular formula is C23H26FN3O. The number of amides is 1. The van der Waals surface area contributed by atoms with Crippen LogP contribution in [0.2, 0.25) is 0 Å². The second kappa shape index (κ2) is 8.13. The first kappa shape index (κ1) is 18.7. The van der Waals surface area contributed by atoms with Gasteiger partial charge >= 0.3 is 0 Å². The highest BCUT2D eigenvalue weighted by atomic mass is 19.1. The monoisotopic (exact) mass is 379 g/mol. The van der Waals surface area contributed by atoms with E-state index in [0.717, 1.165) is 24.7 Å². The van der Waals surface area contributed by atoms with Gasteiger partial charge in [0.05, 0.1) is 5.69 Å². The van der Waals surface area contributed by atoms with Gasteiger partial charge in [0.1, 0.15) is 11.7 Å². The van der Waals surface area contributed by atoms with E-state index in [9.17, 15) is 9.18 Å². The molecule has 1 fully saturated rings. The van der Waals surface area contributed by atoms with Crippen LogP contribution in [0.25, 0.3) is 0 Å². The third-order valence-corrected chi connectivity index (χ3v) is 5.79. The van der Waals surface area contributed by atoms with Gasteiger partial charge in [-0.2, -0.15) is 0 Å². The molecule has 4 rings (SSSR count). The Kier molecular flexibility index (Phi) is 5.42. The number of hydrogen-bond acceptors (Lipinski definition) is 3. The molecule has 1 unspecified atom stereocenters. The average molecular weight is 379 g/mol. The maximum atomic E-state index is 13.5. The quantitative estimate of drug-likeness (QED) is 0.718. The molecule has 1 amide bonds. The van der Waals surface area contributed by atoms with Crippen LogP contribution in [0.5, 0.6) is 0 Å². The molecule has 5 heteroatoms. The normalized spacial score (nSPS) is 19.9. The third-order valence-electron chi connectivity index (χ3n) is 5.79. The first-order valence-corrected chi connectivity index (χ1v) is 10.1. The highest BCUT2D eigenvalue weighted by Crippen LogP contribution is 2.33. The van der Waals surface area contributed by atoms with Crippen molar-refractivity contribution in [3.63, 3.8) is 0 Å². The SMILES string of the molecule is CCCC1CCN(c2ccc(N=CC3C(=O)Nc4ccc(F)cc43)cc2)CC1. The maximum Gasteiger partial charge on any atom is 0.237 e. The van der Waals surface area contributed by atoms with Gasteiger partial charge in [0.25, 0.3) is 0 Å². The lowest BCUT2D eigenvalue weighted by Crippen LogP contribution is -2.33. The highest BCUT2D eigenvalue weighted by molar-refractivity contribution is 6.12. The summed E-state index contributed by atoms with van der Waals surface area (Å²) in [5.74, 6) is -0.199. The summed E-state index contributed by atoms with van der Waals surface area (Å²) in [6.45, 7) is 4.48. The topological polar surface area (TPSA) is 44.7 Å². The zero-order chi connectivity index (χ0) is 19.5. The van der Waals surface area contributed by atoms with Gasteiger partial charge in [-0.05, 0) is 66.8 Å². The Morgan fingerprint density at radius 2 is 1.93 bits per heavy atom. The summed E-state index contributed by atoms with van der Waals surface area (Å²) >= 11 is 0. The summed E-state index contributed by atoms with van der Waals surface area (Å²) < 4.78 is 13.5. The van der Waals surface area contributed by atoms with Gasteiger partial charge < -0.3 is 10.2 Å². The van der Waals surface area contributed by atoms with E-state index in [4.69, 9.17) is 0 Å². The minimum absolute atomic E-state index is 0.170. The van der Waals surface area contributed by atoms with Crippen LogP contribution in [0, 0.1) is 11.7 Å². The maximum absolute atomic E-state index is 13.5. The molecule has 0 aliphatic carbocycles. The molecule has 2 heterocycles. The van der Waals surface area contributed by atoms with Crippen molar-refractivity contribution < 1.29 is 9.18 Å². The van der Waals surface area contributed by atoms with Gasteiger partial charge in [0, 0.05) is 30.7 Å². The lowest BCUT2D eigenvalue weighted by molar-refractivity contribution is -0.115. The summed E-state index contributed by atoms with van der Waals surface area (Å²) in [7, 11) is 0. The largest absolute Gasteiger partial charge is 0.372 e. The lowest BCUT2D eigenvalue weighted by atomic mass is 9.92. The zero-order valence-electron chi connectivity index (χ0n) is 16.2. The Labute approximate surface area is 165 Å². The van der Waals surface area contributed by atoms with E-state index >= 15 is 0 Å². The summed E-state index contributed by atoms with van der Waals surface area (Å²) in [6, 6.07) is 12.5. The van der Waals surface area contributed by atoms with E-state index in [-0.39, 0.29) is 11.7 Å². The van der Waals surface area contributed by atoms with Crippen molar-refractivity contribution in [1.82, 2.24) is 0 Å². The molecule has 2 aromatic rings. The fraction of sp³-hybridized carbons (Fsp3) is 0.391. The fourth-order valence-corrected chi connectivity index (χ4v) is 4.20. The van der Waals surface area contributed by atoms with Crippen molar-refractivity contribution in [2.24, 2.45) is 10.9 Å². The van der Waals surface area contributed by atoms with Crippen LogP contribution in [-0.4, -0.2) is 25.2 Å². The molecule has 1 atom stereocenters. The Hall–Kier alpha value is -2.69. The van der Waals surface area contributed by atoms with Crippen LogP contribution in [0.15, 0.2) is 47.5 Å². The van der Waals surface area contributed by atoms with Gasteiger partial charge in [-0.15, -0.1) is 0 Å². The number of carbonyl (C=O) groups is 1. The molecule has 1 N–H and O–H groups in total. The second-order valence-corrected chi connectivity index (χ2v) is 7.71. The predicted molar refractivity (Wildman–Crippen MR) is 112 cm³/mol. The minimum Gasteiger partial charge on any atom is -0.372 e. The molecule has 2 aliphatic rings. The number of benzene rings is 2. The van der Waals surface area contributed by atoms with Gasteiger partial charge in [0.15, 0.2) is 0 Å². The predicted octanol–water partition coefficient (Wildman–Crippen LogP) is 5.28. The fourth-order valence-electron chi connectivity index (χ4n) is 4.20. The number of anilines is 2. The number of carbonyl (C=O) groups excluding carboxylic acids is 1. The standard InChI is InChI=1S/C23H26FN3O/c1-2-3-16-10-12-27(13-11-16)19-7-5-18(6-8-19)25-15-21-20-14-17(24)4-9-22(20)26-23(21)28/h4-9,14-16,21H,2-3,10-13H2,1H3,(H,26,28). The van der Waals surface area contributed by atoms with Gasteiger partial charge in [-0.3, -0.25) is 9.79 Å². The van der Waals surface area contributed by atoms with Gasteiger partial charge in [0.2, 0.25) is 5.91 Å². The first-order chi connectivity index (χ1) is 13.6. The molecule has 0 spiro atoms. The molecule has 146 valence electrons. The smallest absolute Gasteiger partial charge is 0.237 e. The van der Waals surface area contributed by atoms with E-state index in [2.05, 4.69) is 34.3 Å².